The summed E-state index contributed by atoms with van der Waals surface area (Å²) in [6, 6.07) is 0. The molecule has 8 atom stereocenters. The lowest BCUT2D eigenvalue weighted by Gasteiger charge is -2.58. The molecule has 0 radical (unpaired) electrons. The van der Waals surface area contributed by atoms with Crippen molar-refractivity contribution in [2.75, 3.05) is 0 Å². The molecule has 0 saturated heterocycles. The van der Waals surface area contributed by atoms with Gasteiger partial charge in [0.2, 0.25) is 0 Å². The molecule has 0 heterocycles. The Morgan fingerprint density at radius 1 is 1.00 bits per heavy atom. The van der Waals surface area contributed by atoms with Gasteiger partial charge in [0, 0.05) is 0 Å². The fourth-order valence-electron chi connectivity index (χ4n) is 6.73. The number of aliphatic hydroxyl groups is 3. The van der Waals surface area contributed by atoms with Crippen LogP contribution in [0.15, 0.2) is 11.6 Å². The van der Waals surface area contributed by atoms with Crippen molar-refractivity contribution >= 4 is 0 Å². The van der Waals surface area contributed by atoms with Crippen LogP contribution in [0.1, 0.15) is 58.8 Å². The number of aliphatic hydroxyl groups excluding tert-OH is 3. The van der Waals surface area contributed by atoms with Gasteiger partial charge in [-0.15, -0.1) is 0 Å². The Morgan fingerprint density at radius 3 is 2.55 bits per heavy atom. The Labute approximate surface area is 133 Å². The average Bonchev–Trinajstić information content (AvgIpc) is 2.77. The Kier molecular flexibility index (Phi) is 3.32. The molecule has 124 valence electrons. The van der Waals surface area contributed by atoms with Crippen LogP contribution in [-0.4, -0.2) is 33.6 Å². The van der Waals surface area contributed by atoms with E-state index in [0.717, 1.165) is 25.7 Å². The van der Waals surface area contributed by atoms with Crippen LogP contribution in [0.25, 0.3) is 0 Å². The minimum Gasteiger partial charge on any atom is -0.393 e. The summed E-state index contributed by atoms with van der Waals surface area (Å²) >= 11 is 0. The normalized spacial score (nSPS) is 57.6. The first-order valence-corrected chi connectivity index (χ1v) is 9.11. The van der Waals surface area contributed by atoms with Crippen molar-refractivity contribution in [1.82, 2.24) is 0 Å². The molecule has 0 bridgehead atoms. The molecule has 0 spiro atoms. The van der Waals surface area contributed by atoms with Gasteiger partial charge in [-0.3, -0.25) is 0 Å². The minimum atomic E-state index is -0.679. The summed E-state index contributed by atoms with van der Waals surface area (Å²) < 4.78 is 0. The van der Waals surface area contributed by atoms with Gasteiger partial charge in [-0.2, -0.15) is 0 Å². The number of allylic oxidation sites excluding steroid dienone is 1. The van der Waals surface area contributed by atoms with E-state index in [1.54, 1.807) is 0 Å². The van der Waals surface area contributed by atoms with Gasteiger partial charge in [0.05, 0.1) is 18.3 Å². The predicted molar refractivity (Wildman–Crippen MR) is 85.1 cm³/mol. The lowest BCUT2D eigenvalue weighted by Crippen LogP contribution is -2.53. The maximum atomic E-state index is 10.5. The fraction of sp³-hybridized carbons (Fsp3) is 0.895. The van der Waals surface area contributed by atoms with Gasteiger partial charge in [-0.1, -0.05) is 25.5 Å². The molecule has 0 aromatic rings. The van der Waals surface area contributed by atoms with E-state index < -0.39 is 12.2 Å². The second kappa shape index (κ2) is 4.81. The maximum Gasteiger partial charge on any atom is 0.0983 e. The van der Waals surface area contributed by atoms with E-state index in [2.05, 4.69) is 13.8 Å². The standard InChI is InChI=1S/C19H30O3/c1-18-8-7-14-12(13(18)5-6-17(18)22)4-3-11-9-15(20)16(21)10-19(11,14)2/h9,12-17,20-22H,3-8,10H2,1-2H3/t12-,13-,14-,15-,16-,17-,18-,19-/m0/s1. The molecule has 4 rings (SSSR count). The topological polar surface area (TPSA) is 60.7 Å². The first-order chi connectivity index (χ1) is 10.4. The zero-order chi connectivity index (χ0) is 15.7. The average molecular weight is 306 g/mol. The lowest BCUT2D eigenvalue weighted by molar-refractivity contribution is -0.0915. The maximum absolute atomic E-state index is 10.5. The fourth-order valence-corrected chi connectivity index (χ4v) is 6.73. The van der Waals surface area contributed by atoms with E-state index in [4.69, 9.17) is 0 Å². The third-order valence-corrected chi connectivity index (χ3v) is 8.09. The quantitative estimate of drug-likeness (QED) is 0.603. The number of hydrogen-bond donors (Lipinski definition) is 3. The Bertz CT molecular complexity index is 501. The van der Waals surface area contributed by atoms with E-state index in [9.17, 15) is 15.3 Å². The number of rotatable bonds is 0. The first kappa shape index (κ1) is 15.2. The van der Waals surface area contributed by atoms with Crippen molar-refractivity contribution in [2.24, 2.45) is 28.6 Å². The highest BCUT2D eigenvalue weighted by Crippen LogP contribution is 2.65. The SMILES string of the molecule is C[C@]12CC[C@H]3[C@@H](CCC4=C[C@H](O)[C@@H](O)C[C@@]43C)[C@@H]1CC[C@@H]2O. The van der Waals surface area contributed by atoms with Gasteiger partial charge in [0.25, 0.3) is 0 Å². The molecule has 0 aliphatic heterocycles. The molecule has 0 amide bonds. The van der Waals surface area contributed by atoms with Gasteiger partial charge in [-0.05, 0) is 73.5 Å². The summed E-state index contributed by atoms with van der Waals surface area (Å²) in [5.41, 5.74) is 1.55. The van der Waals surface area contributed by atoms with Crippen LogP contribution in [-0.2, 0) is 0 Å². The molecule has 0 aromatic heterocycles. The van der Waals surface area contributed by atoms with Crippen LogP contribution in [0, 0.1) is 28.6 Å². The van der Waals surface area contributed by atoms with Crippen molar-refractivity contribution in [3.05, 3.63) is 11.6 Å². The van der Waals surface area contributed by atoms with Crippen molar-refractivity contribution < 1.29 is 15.3 Å². The van der Waals surface area contributed by atoms with Gasteiger partial charge in [0.1, 0.15) is 0 Å². The molecule has 3 N–H and O–H groups in total. The second-order valence-electron chi connectivity index (χ2n) is 8.92. The van der Waals surface area contributed by atoms with Gasteiger partial charge in [0.15, 0.2) is 0 Å². The largest absolute Gasteiger partial charge is 0.393 e. The first-order valence-electron chi connectivity index (χ1n) is 9.11. The van der Waals surface area contributed by atoms with Gasteiger partial charge in [-0.25, -0.2) is 0 Å². The highest BCUT2D eigenvalue weighted by atomic mass is 16.3. The predicted octanol–water partition coefficient (Wildman–Crippen LogP) is 2.64. The van der Waals surface area contributed by atoms with E-state index in [1.165, 1.54) is 18.4 Å². The van der Waals surface area contributed by atoms with Crippen LogP contribution in [0.3, 0.4) is 0 Å². The molecular formula is C19H30O3. The molecule has 22 heavy (non-hydrogen) atoms. The molecule has 3 nitrogen and oxygen atoms in total. The lowest BCUT2D eigenvalue weighted by atomic mass is 9.47. The van der Waals surface area contributed by atoms with E-state index in [1.807, 2.05) is 6.08 Å². The van der Waals surface area contributed by atoms with Crippen molar-refractivity contribution in [3.8, 4) is 0 Å². The third-order valence-electron chi connectivity index (χ3n) is 8.09. The van der Waals surface area contributed by atoms with Crippen molar-refractivity contribution in [3.63, 3.8) is 0 Å². The van der Waals surface area contributed by atoms with Gasteiger partial charge >= 0.3 is 0 Å². The van der Waals surface area contributed by atoms with E-state index in [-0.39, 0.29) is 16.9 Å². The monoisotopic (exact) mass is 306 g/mol. The van der Waals surface area contributed by atoms with Crippen molar-refractivity contribution in [2.45, 2.75) is 77.1 Å². The van der Waals surface area contributed by atoms with Crippen molar-refractivity contribution in [1.29, 1.82) is 0 Å². The van der Waals surface area contributed by atoms with Crippen LogP contribution in [0.5, 0.6) is 0 Å². The number of hydrogen-bond acceptors (Lipinski definition) is 3. The molecular weight excluding hydrogens is 276 g/mol. The molecule has 4 aliphatic rings. The second-order valence-corrected chi connectivity index (χ2v) is 8.92. The third kappa shape index (κ3) is 1.85. The highest BCUT2D eigenvalue weighted by Gasteiger charge is 2.59. The molecule has 3 saturated carbocycles. The molecule has 3 heteroatoms. The number of fused-ring (bicyclic) bond motifs is 5. The van der Waals surface area contributed by atoms with Gasteiger partial charge < -0.3 is 15.3 Å². The summed E-state index contributed by atoms with van der Waals surface area (Å²) in [5.74, 6) is 1.93. The minimum absolute atomic E-state index is 0.0520. The molecule has 0 aromatic carbocycles. The summed E-state index contributed by atoms with van der Waals surface area (Å²) in [6.07, 6.45) is 7.89. The van der Waals surface area contributed by atoms with E-state index in [0.29, 0.717) is 24.2 Å². The van der Waals surface area contributed by atoms with Crippen LogP contribution >= 0.6 is 0 Å². The van der Waals surface area contributed by atoms with Crippen LogP contribution in [0.2, 0.25) is 0 Å². The Balaban J connectivity index is 1.68. The molecule has 3 fully saturated rings. The smallest absolute Gasteiger partial charge is 0.0983 e. The van der Waals surface area contributed by atoms with Crippen LogP contribution < -0.4 is 0 Å². The summed E-state index contributed by atoms with van der Waals surface area (Å²) in [4.78, 5) is 0. The Morgan fingerprint density at radius 2 is 1.77 bits per heavy atom. The highest BCUT2D eigenvalue weighted by molar-refractivity contribution is 5.26. The summed E-state index contributed by atoms with van der Waals surface area (Å²) in [7, 11) is 0. The van der Waals surface area contributed by atoms with Crippen LogP contribution in [0.4, 0.5) is 0 Å². The zero-order valence-electron chi connectivity index (χ0n) is 13.8. The van der Waals surface area contributed by atoms with E-state index >= 15 is 0 Å². The summed E-state index contributed by atoms with van der Waals surface area (Å²) in [6.45, 7) is 4.62. The summed E-state index contributed by atoms with van der Waals surface area (Å²) in [5, 5.41) is 30.7. The molecule has 0 unspecified atom stereocenters. The zero-order valence-corrected chi connectivity index (χ0v) is 13.8. The Hall–Kier alpha value is -0.380. The molecule has 4 aliphatic carbocycles.